The average Bonchev–Trinajstić information content (AvgIpc) is 1.35. The Bertz CT molecular complexity index is 113. The van der Waals surface area contributed by atoms with Crippen molar-refractivity contribution >= 4 is 33.1 Å². The number of hydrogen-bond donors (Lipinski definition) is 0. The van der Waals surface area contributed by atoms with E-state index in [1.807, 2.05) is 0 Å². The quantitative estimate of drug-likeness (QED) is 0.528. The summed E-state index contributed by atoms with van der Waals surface area (Å²) < 4.78 is 23.6. The molecule has 0 aromatic rings. The third kappa shape index (κ3) is 4.71. The molecule has 0 heterocycles. The van der Waals surface area contributed by atoms with Crippen LogP contribution in [-0.4, -0.2) is 37.6 Å². The van der Waals surface area contributed by atoms with Gasteiger partial charge in [-0.15, -0.1) is 0 Å². The van der Waals surface area contributed by atoms with E-state index in [9.17, 15) is 8.42 Å². The normalized spacial score (nSPS) is 11.7. The van der Waals surface area contributed by atoms with Crippen LogP contribution in [0.5, 0.6) is 0 Å². The van der Waals surface area contributed by atoms with Crippen LogP contribution in [0.15, 0.2) is 0 Å². The van der Waals surface area contributed by atoms with Crippen LogP contribution in [0.1, 0.15) is 0 Å². The van der Waals surface area contributed by atoms with Crippen molar-refractivity contribution < 1.29 is 10.9 Å². The van der Waals surface area contributed by atoms with Crippen molar-refractivity contribution in [3.63, 3.8) is 0 Å². The molecule has 0 spiro atoms. The summed E-state index contributed by atoms with van der Waals surface area (Å²) in [6.07, 6.45) is 1.02. The van der Waals surface area contributed by atoms with Crippen LogP contribution in [0.25, 0.3) is 0 Å². The van der Waals surface area contributed by atoms with Crippen LogP contribution in [0.2, 0.25) is 0 Å². The van der Waals surface area contributed by atoms with E-state index in [1.165, 1.54) is 0 Å². The molecule has 5 heteroatoms. The van der Waals surface area contributed by atoms with Gasteiger partial charge in [0.1, 0.15) is 0 Å². The molecule has 0 aromatic heterocycles. The molecule has 0 aliphatic rings. The first kappa shape index (κ1) is 6.71. The van der Waals surface area contributed by atoms with Gasteiger partial charge in [0, 0.05) is 0 Å². The molecule has 6 heavy (non-hydrogen) atoms. The summed E-state index contributed by atoms with van der Waals surface area (Å²) in [5.41, 5.74) is 0. The molecule has 0 aliphatic heterocycles. The van der Waals surface area contributed by atoms with Crippen molar-refractivity contribution in [3.05, 3.63) is 0 Å². The molecule has 0 rings (SSSR count). The van der Waals surface area contributed by atoms with E-state index in [0.29, 0.717) is 22.9 Å². The Kier molecular flexibility index (Phi) is 2.38. The molecule has 0 N–H and O–H groups in total. The van der Waals surface area contributed by atoms with Crippen LogP contribution in [0.4, 0.5) is 0 Å². The Morgan fingerprint density at radius 1 is 1.67 bits per heavy atom. The molecule has 3 radical (unpaired) electrons. The van der Waals surface area contributed by atoms with E-state index in [2.05, 4.69) is 2.52 Å². The predicted molar refractivity (Wildman–Crippen MR) is 21.7 cm³/mol. The fourth-order valence-electron chi connectivity index (χ4n) is 0. The summed E-state index contributed by atoms with van der Waals surface area (Å²) in [5.74, 6) is 0. The monoisotopic (exact) mass is 215 g/mol. The molecule has 35 valence electrons. The summed E-state index contributed by atoms with van der Waals surface area (Å²) >= 11 is 0.563. The van der Waals surface area contributed by atoms with Crippen molar-refractivity contribution in [1.29, 1.82) is 0 Å². The number of hydrogen-bond acceptors (Lipinski definition) is 3. The van der Waals surface area contributed by atoms with Crippen LogP contribution >= 0.6 is 0 Å². The molecule has 3 nitrogen and oxygen atoms in total. The van der Waals surface area contributed by atoms with E-state index >= 15 is 0 Å². The Hall–Kier alpha value is 0.709. The fraction of sp³-hybridized carbons (Fsp3) is 1.00. The Morgan fingerprint density at radius 3 is 1.83 bits per heavy atom. The Morgan fingerprint density at radius 2 is 1.83 bits per heavy atom. The second kappa shape index (κ2) is 2.13. The second-order valence-electron chi connectivity index (χ2n) is 0.787. The van der Waals surface area contributed by atoms with Crippen molar-refractivity contribution in [2.75, 3.05) is 6.26 Å². The van der Waals surface area contributed by atoms with Crippen molar-refractivity contribution in [3.8, 4) is 0 Å². The van der Waals surface area contributed by atoms with Gasteiger partial charge in [0.2, 0.25) is 0 Å². The van der Waals surface area contributed by atoms with E-state index in [4.69, 9.17) is 0 Å². The molecule has 0 atom stereocenters. The summed E-state index contributed by atoms with van der Waals surface area (Å²) in [6, 6.07) is 0. The third-order valence-electron chi connectivity index (χ3n) is 0.151. The first-order chi connectivity index (χ1) is 2.56. The van der Waals surface area contributed by atoms with Gasteiger partial charge in [0.05, 0.1) is 0 Å². The Labute approximate surface area is 50.4 Å². The molecule has 0 bridgehead atoms. The summed E-state index contributed by atoms with van der Waals surface area (Å²) in [5, 5.41) is 0. The zero-order chi connectivity index (χ0) is 5.21. The van der Waals surface area contributed by atoms with E-state index in [-0.39, 0.29) is 0 Å². The maximum atomic E-state index is 9.80. The second-order valence-corrected chi connectivity index (χ2v) is 3.79. The van der Waals surface area contributed by atoms with Crippen LogP contribution < -0.4 is 0 Å². The van der Waals surface area contributed by atoms with Gasteiger partial charge in [-0.05, 0) is 0 Å². The number of rotatable bonds is 1. The molecule has 0 saturated carbocycles. The van der Waals surface area contributed by atoms with Gasteiger partial charge < -0.3 is 0 Å². The Balaban J connectivity index is 3.85. The molecule has 0 amide bonds. The van der Waals surface area contributed by atoms with Crippen LogP contribution in [-0.2, 0) is 12.6 Å². The maximum absolute atomic E-state index is 9.80. The van der Waals surface area contributed by atoms with Crippen molar-refractivity contribution in [2.45, 2.75) is 0 Å². The molecular formula is CH3O3SSn. The SMILES string of the molecule is CS(=O)(=O)[O][Sn]. The molecule has 0 fully saturated rings. The molecule has 0 saturated heterocycles. The van der Waals surface area contributed by atoms with Gasteiger partial charge in [-0.3, -0.25) is 0 Å². The van der Waals surface area contributed by atoms with Gasteiger partial charge >= 0.3 is 50.3 Å². The van der Waals surface area contributed by atoms with E-state index < -0.39 is 10.1 Å². The van der Waals surface area contributed by atoms with Crippen molar-refractivity contribution in [2.24, 2.45) is 0 Å². The van der Waals surface area contributed by atoms with Crippen molar-refractivity contribution in [1.82, 2.24) is 0 Å². The summed E-state index contributed by atoms with van der Waals surface area (Å²) in [4.78, 5) is 0. The molecular weight excluding hydrogens is 211 g/mol. The van der Waals surface area contributed by atoms with Crippen LogP contribution in [0, 0.1) is 0 Å². The van der Waals surface area contributed by atoms with Gasteiger partial charge in [0.25, 0.3) is 0 Å². The first-order valence-corrected chi connectivity index (χ1v) is 4.09. The van der Waals surface area contributed by atoms with Gasteiger partial charge in [0.15, 0.2) is 0 Å². The minimum absolute atomic E-state index is 0.563. The van der Waals surface area contributed by atoms with Gasteiger partial charge in [-0.2, -0.15) is 0 Å². The van der Waals surface area contributed by atoms with E-state index in [1.54, 1.807) is 0 Å². The predicted octanol–water partition coefficient (Wildman–Crippen LogP) is -0.954. The molecule has 0 aromatic carbocycles. The first-order valence-electron chi connectivity index (χ1n) is 1.11. The zero-order valence-electron chi connectivity index (χ0n) is 3.13. The van der Waals surface area contributed by atoms with Crippen LogP contribution in [0.3, 0.4) is 0 Å². The zero-order valence-corrected chi connectivity index (χ0v) is 6.80. The molecule has 0 aliphatic carbocycles. The summed E-state index contributed by atoms with van der Waals surface area (Å²) in [6.45, 7) is 0. The average molecular weight is 214 g/mol. The molecule has 0 unspecified atom stereocenters. The topological polar surface area (TPSA) is 43.4 Å². The fourth-order valence-corrected chi connectivity index (χ4v) is 0. The standard InChI is InChI=1S/CH4O3S.Sn/c1-5(2,3)4;/h1H3,(H,2,3,4);/q;+1/p-1. The minimum atomic E-state index is -3.12. The van der Waals surface area contributed by atoms with Gasteiger partial charge in [-0.1, -0.05) is 0 Å². The van der Waals surface area contributed by atoms with E-state index in [0.717, 1.165) is 6.26 Å². The van der Waals surface area contributed by atoms with Gasteiger partial charge in [-0.25, -0.2) is 0 Å². The summed E-state index contributed by atoms with van der Waals surface area (Å²) in [7, 11) is -3.12. The third-order valence-corrected chi connectivity index (χ3v) is 3.05.